The topological polar surface area (TPSA) is 74.2 Å². The van der Waals surface area contributed by atoms with Crippen LogP contribution in [-0.2, 0) is 0 Å². The first-order valence-corrected chi connectivity index (χ1v) is 8.10. The number of hydrogen-bond donors (Lipinski definition) is 1. The third-order valence-electron chi connectivity index (χ3n) is 4.20. The number of carbonyl (C=O) groups excluding carboxylic acids is 1. The summed E-state index contributed by atoms with van der Waals surface area (Å²) in [5.74, 6) is 1.64. The van der Waals surface area contributed by atoms with Crippen LogP contribution in [0.4, 0.5) is 0 Å². The van der Waals surface area contributed by atoms with Crippen molar-refractivity contribution in [3.8, 4) is 34.1 Å². The lowest BCUT2D eigenvalue weighted by atomic mass is 9.94. The number of ketones is 1. The van der Waals surface area contributed by atoms with Gasteiger partial charge in [-0.25, -0.2) is 0 Å². The first-order chi connectivity index (χ1) is 12.4. The number of carbonyl (C=O) groups is 1. The Kier molecular flexibility index (Phi) is 6.10. The maximum atomic E-state index is 12.1. The molecule has 2 aromatic carbocycles. The largest absolute Gasteiger partial charge is 0.496 e. The van der Waals surface area contributed by atoms with Gasteiger partial charge >= 0.3 is 0 Å². The van der Waals surface area contributed by atoms with E-state index < -0.39 is 6.10 Å². The van der Waals surface area contributed by atoms with Crippen molar-refractivity contribution in [3.05, 3.63) is 35.4 Å². The van der Waals surface area contributed by atoms with E-state index in [2.05, 4.69) is 0 Å². The van der Waals surface area contributed by atoms with Gasteiger partial charge in [0, 0.05) is 5.56 Å². The van der Waals surface area contributed by atoms with Crippen molar-refractivity contribution in [2.24, 2.45) is 0 Å². The van der Waals surface area contributed by atoms with Crippen LogP contribution in [-0.4, -0.2) is 39.3 Å². The SMILES string of the molecule is COc1ccc(C(C)=O)c(OC)c1-c1c(OC)ccc([C@@H](C)O)c1OC. The minimum absolute atomic E-state index is 0.143. The van der Waals surface area contributed by atoms with Crippen LogP contribution in [0.15, 0.2) is 24.3 Å². The fraction of sp³-hybridized carbons (Fsp3) is 0.350. The van der Waals surface area contributed by atoms with Gasteiger partial charge in [-0.15, -0.1) is 0 Å². The molecule has 26 heavy (non-hydrogen) atoms. The summed E-state index contributed by atoms with van der Waals surface area (Å²) >= 11 is 0. The minimum Gasteiger partial charge on any atom is -0.496 e. The van der Waals surface area contributed by atoms with Crippen LogP contribution in [0.2, 0.25) is 0 Å². The molecule has 1 atom stereocenters. The number of benzene rings is 2. The van der Waals surface area contributed by atoms with E-state index in [1.807, 2.05) is 0 Å². The molecule has 0 fully saturated rings. The van der Waals surface area contributed by atoms with E-state index in [0.717, 1.165) is 0 Å². The van der Waals surface area contributed by atoms with E-state index in [9.17, 15) is 9.90 Å². The van der Waals surface area contributed by atoms with E-state index in [1.165, 1.54) is 35.4 Å². The van der Waals surface area contributed by atoms with Crippen LogP contribution in [0.1, 0.15) is 35.9 Å². The Labute approximate surface area is 153 Å². The van der Waals surface area contributed by atoms with Gasteiger partial charge in [0.05, 0.1) is 51.2 Å². The summed E-state index contributed by atoms with van der Waals surface area (Å²) in [5.41, 5.74) is 2.07. The van der Waals surface area contributed by atoms with Crippen LogP contribution in [0, 0.1) is 0 Å². The number of aliphatic hydroxyl groups is 1. The normalized spacial score (nSPS) is 11.7. The predicted molar refractivity (Wildman–Crippen MR) is 98.7 cm³/mol. The molecule has 140 valence electrons. The molecule has 0 saturated heterocycles. The third-order valence-corrected chi connectivity index (χ3v) is 4.20. The van der Waals surface area contributed by atoms with Gasteiger partial charge in [-0.1, -0.05) is 0 Å². The lowest BCUT2D eigenvalue weighted by Crippen LogP contribution is -2.05. The zero-order chi connectivity index (χ0) is 19.4. The molecule has 1 N–H and O–H groups in total. The first kappa shape index (κ1) is 19.6. The molecule has 0 heterocycles. The average molecular weight is 360 g/mol. The molecule has 0 aromatic heterocycles. The second-order valence-electron chi connectivity index (χ2n) is 5.72. The smallest absolute Gasteiger partial charge is 0.163 e. The number of aliphatic hydroxyl groups excluding tert-OH is 1. The van der Waals surface area contributed by atoms with Crippen molar-refractivity contribution in [1.29, 1.82) is 0 Å². The Morgan fingerprint density at radius 3 is 1.77 bits per heavy atom. The molecule has 0 aliphatic carbocycles. The summed E-state index contributed by atoms with van der Waals surface area (Å²) in [4.78, 5) is 12.1. The van der Waals surface area contributed by atoms with Crippen molar-refractivity contribution >= 4 is 5.78 Å². The zero-order valence-electron chi connectivity index (χ0n) is 15.9. The molecule has 0 bridgehead atoms. The van der Waals surface area contributed by atoms with Crippen LogP contribution < -0.4 is 18.9 Å². The molecule has 6 heteroatoms. The summed E-state index contributed by atoms with van der Waals surface area (Å²) < 4.78 is 22.2. The second-order valence-corrected chi connectivity index (χ2v) is 5.72. The fourth-order valence-corrected chi connectivity index (χ4v) is 3.00. The fourth-order valence-electron chi connectivity index (χ4n) is 3.00. The Morgan fingerprint density at radius 1 is 0.846 bits per heavy atom. The van der Waals surface area contributed by atoms with Crippen LogP contribution in [0.5, 0.6) is 23.0 Å². The molecule has 2 rings (SSSR count). The van der Waals surface area contributed by atoms with E-state index in [-0.39, 0.29) is 5.78 Å². The van der Waals surface area contributed by atoms with Gasteiger partial charge in [0.2, 0.25) is 0 Å². The van der Waals surface area contributed by atoms with Gasteiger partial charge in [0.1, 0.15) is 23.0 Å². The van der Waals surface area contributed by atoms with E-state index in [4.69, 9.17) is 18.9 Å². The second kappa shape index (κ2) is 8.10. The highest BCUT2D eigenvalue weighted by Gasteiger charge is 2.27. The van der Waals surface area contributed by atoms with Gasteiger partial charge in [-0.3, -0.25) is 4.79 Å². The molecule has 0 spiro atoms. The van der Waals surface area contributed by atoms with Gasteiger partial charge in [-0.2, -0.15) is 0 Å². The minimum atomic E-state index is -0.761. The van der Waals surface area contributed by atoms with E-state index in [0.29, 0.717) is 45.3 Å². The molecule has 0 aliphatic rings. The molecule has 2 aromatic rings. The maximum Gasteiger partial charge on any atom is 0.163 e. The van der Waals surface area contributed by atoms with Crippen molar-refractivity contribution in [3.63, 3.8) is 0 Å². The summed E-state index contributed by atoms with van der Waals surface area (Å²) in [6, 6.07) is 6.82. The Bertz CT molecular complexity index is 810. The Morgan fingerprint density at radius 2 is 1.35 bits per heavy atom. The average Bonchev–Trinajstić information content (AvgIpc) is 2.64. The molecule has 0 amide bonds. The summed E-state index contributed by atoms with van der Waals surface area (Å²) in [6.45, 7) is 3.11. The number of rotatable bonds is 7. The highest BCUT2D eigenvalue weighted by atomic mass is 16.5. The third kappa shape index (κ3) is 3.32. The lowest BCUT2D eigenvalue weighted by Gasteiger charge is -2.22. The van der Waals surface area contributed by atoms with Crippen molar-refractivity contribution in [1.82, 2.24) is 0 Å². The van der Waals surface area contributed by atoms with Gasteiger partial charge in [0.15, 0.2) is 5.78 Å². The Balaban J connectivity index is 3.01. The van der Waals surface area contributed by atoms with Gasteiger partial charge in [0.25, 0.3) is 0 Å². The Hall–Kier alpha value is -2.73. The number of ether oxygens (including phenoxy) is 4. The monoisotopic (exact) mass is 360 g/mol. The number of Topliss-reactive ketones (excluding diaryl/α,β-unsaturated/α-hetero) is 1. The summed E-state index contributed by atoms with van der Waals surface area (Å²) in [6.07, 6.45) is -0.761. The summed E-state index contributed by atoms with van der Waals surface area (Å²) in [5, 5.41) is 10.1. The van der Waals surface area contributed by atoms with Crippen molar-refractivity contribution in [2.75, 3.05) is 28.4 Å². The molecular formula is C20H24O6. The number of hydrogen-bond acceptors (Lipinski definition) is 6. The van der Waals surface area contributed by atoms with Crippen LogP contribution >= 0.6 is 0 Å². The van der Waals surface area contributed by atoms with Gasteiger partial charge < -0.3 is 24.1 Å². The molecule has 0 unspecified atom stereocenters. The highest BCUT2D eigenvalue weighted by Crippen LogP contribution is 2.50. The van der Waals surface area contributed by atoms with Crippen molar-refractivity contribution < 1.29 is 28.8 Å². The van der Waals surface area contributed by atoms with Crippen molar-refractivity contribution in [2.45, 2.75) is 20.0 Å². The quantitative estimate of drug-likeness (QED) is 0.760. The summed E-state index contributed by atoms with van der Waals surface area (Å²) in [7, 11) is 6.07. The first-order valence-electron chi connectivity index (χ1n) is 8.10. The predicted octanol–water partition coefficient (Wildman–Crippen LogP) is 3.64. The van der Waals surface area contributed by atoms with Gasteiger partial charge in [-0.05, 0) is 38.1 Å². The lowest BCUT2D eigenvalue weighted by molar-refractivity contribution is 0.101. The number of methoxy groups -OCH3 is 4. The van der Waals surface area contributed by atoms with Crippen LogP contribution in [0.25, 0.3) is 11.1 Å². The molecule has 0 radical (unpaired) electrons. The molecule has 0 aliphatic heterocycles. The molecule has 6 nitrogen and oxygen atoms in total. The van der Waals surface area contributed by atoms with Crippen LogP contribution in [0.3, 0.4) is 0 Å². The maximum absolute atomic E-state index is 12.1. The highest BCUT2D eigenvalue weighted by molar-refractivity contribution is 6.01. The standard InChI is InChI=1S/C20H24O6/c1-11(21)13-7-9-15(23-3)17(19(13)25-5)18-16(24-4)10-8-14(12(2)22)20(18)26-6/h7-11,21H,1-6H3/t11-/m1/s1. The molecular weight excluding hydrogens is 336 g/mol. The van der Waals surface area contributed by atoms with E-state index in [1.54, 1.807) is 31.2 Å². The van der Waals surface area contributed by atoms with E-state index >= 15 is 0 Å². The zero-order valence-corrected chi connectivity index (χ0v) is 15.9. The molecule has 0 saturated carbocycles.